The van der Waals surface area contributed by atoms with E-state index in [1.807, 2.05) is 0 Å². The highest BCUT2D eigenvalue weighted by atomic mass is 16.6. The summed E-state index contributed by atoms with van der Waals surface area (Å²) in [5.74, 6) is 3.32. The number of esters is 1. The summed E-state index contributed by atoms with van der Waals surface area (Å²) in [6.45, 7) is 15.6. The van der Waals surface area contributed by atoms with Gasteiger partial charge in [0.15, 0.2) is 0 Å². The number of fused-ring (bicyclic) bond motifs is 5. The average molecular weight is 391 g/mol. The molecule has 0 heterocycles. The third-order valence-electron chi connectivity index (χ3n) is 8.24. The largest absolute Gasteiger partial charge is 0.459 e. The highest BCUT2D eigenvalue weighted by Crippen LogP contribution is 2.64. The lowest BCUT2D eigenvalue weighted by atomic mass is 9.69. The molecule has 0 amide bonds. The van der Waals surface area contributed by atoms with Gasteiger partial charge in [0, 0.05) is 5.92 Å². The summed E-state index contributed by atoms with van der Waals surface area (Å²) < 4.78 is 6.68. The van der Waals surface area contributed by atoms with Gasteiger partial charge in [-0.05, 0) is 73.5 Å². The van der Waals surface area contributed by atoms with Crippen molar-refractivity contribution >= 4 is 5.97 Å². The van der Waals surface area contributed by atoms with Crippen LogP contribution < -0.4 is 0 Å². The van der Waals surface area contributed by atoms with E-state index in [-0.39, 0.29) is 28.3 Å². The first-order valence-corrected chi connectivity index (χ1v) is 12.2. The number of ether oxygens (including phenoxy) is 1. The van der Waals surface area contributed by atoms with Gasteiger partial charge in [0.2, 0.25) is 0 Å². The molecule has 2 nitrogen and oxygen atoms in total. The molecule has 0 aromatic heterocycles. The van der Waals surface area contributed by atoms with Crippen molar-refractivity contribution in [2.45, 2.75) is 118 Å². The number of unbranched alkanes of at least 4 members (excludes halogenated alkanes) is 2. The molecule has 0 spiro atoms. The van der Waals surface area contributed by atoms with Crippen molar-refractivity contribution in [2.24, 2.45) is 40.4 Å². The molecule has 3 saturated carbocycles. The second-order valence-electron chi connectivity index (χ2n) is 12.7. The molecule has 0 radical (unpaired) electrons. The number of hydrogen-bond acceptors (Lipinski definition) is 2. The van der Waals surface area contributed by atoms with Gasteiger partial charge in [-0.3, -0.25) is 4.79 Å². The van der Waals surface area contributed by atoms with E-state index in [1.54, 1.807) is 0 Å². The number of rotatable bonds is 7. The van der Waals surface area contributed by atoms with Crippen molar-refractivity contribution in [3.05, 3.63) is 0 Å². The predicted molar refractivity (Wildman–Crippen MR) is 117 cm³/mol. The van der Waals surface area contributed by atoms with Crippen molar-refractivity contribution in [1.29, 1.82) is 0 Å². The number of carbonyl (C=O) groups is 1. The molecule has 162 valence electrons. The van der Waals surface area contributed by atoms with Crippen LogP contribution in [-0.4, -0.2) is 11.6 Å². The maximum absolute atomic E-state index is 13.6. The van der Waals surface area contributed by atoms with Gasteiger partial charge in [-0.25, -0.2) is 0 Å². The van der Waals surface area contributed by atoms with Crippen molar-refractivity contribution in [3.63, 3.8) is 0 Å². The first-order valence-electron chi connectivity index (χ1n) is 12.2. The van der Waals surface area contributed by atoms with E-state index in [9.17, 15) is 4.79 Å². The number of hydrogen-bond donors (Lipinski definition) is 0. The monoisotopic (exact) mass is 390 g/mol. The van der Waals surface area contributed by atoms with Gasteiger partial charge in [0.25, 0.3) is 0 Å². The minimum Gasteiger partial charge on any atom is -0.459 e. The summed E-state index contributed by atoms with van der Waals surface area (Å²) in [6, 6.07) is 0. The topological polar surface area (TPSA) is 26.3 Å². The molecular weight excluding hydrogens is 344 g/mol. The molecule has 0 aromatic carbocycles. The summed E-state index contributed by atoms with van der Waals surface area (Å²) in [4.78, 5) is 13.6. The van der Waals surface area contributed by atoms with Gasteiger partial charge in [-0.15, -0.1) is 0 Å². The molecule has 28 heavy (non-hydrogen) atoms. The molecule has 3 rings (SSSR count). The van der Waals surface area contributed by atoms with Crippen LogP contribution in [0.4, 0.5) is 0 Å². The molecule has 6 atom stereocenters. The van der Waals surface area contributed by atoms with Gasteiger partial charge in [0.1, 0.15) is 5.60 Å². The lowest BCUT2D eigenvalue weighted by Crippen LogP contribution is -2.47. The average Bonchev–Trinajstić information content (AvgIpc) is 3.22. The van der Waals surface area contributed by atoms with Crippen molar-refractivity contribution in [3.8, 4) is 0 Å². The Hall–Kier alpha value is -0.530. The van der Waals surface area contributed by atoms with Crippen LogP contribution >= 0.6 is 0 Å². The Morgan fingerprint density at radius 2 is 1.75 bits per heavy atom. The van der Waals surface area contributed by atoms with E-state index < -0.39 is 0 Å². The van der Waals surface area contributed by atoms with E-state index in [0.717, 1.165) is 37.0 Å². The Balaban J connectivity index is 1.80. The summed E-state index contributed by atoms with van der Waals surface area (Å²) in [6.07, 6.45) is 12.4. The van der Waals surface area contributed by atoms with Crippen LogP contribution in [0.3, 0.4) is 0 Å². The van der Waals surface area contributed by atoms with E-state index in [0.29, 0.717) is 5.92 Å². The minimum absolute atomic E-state index is 0.0194. The summed E-state index contributed by atoms with van der Waals surface area (Å²) >= 11 is 0. The van der Waals surface area contributed by atoms with Crippen molar-refractivity contribution < 1.29 is 9.53 Å². The molecule has 3 aliphatic carbocycles. The van der Waals surface area contributed by atoms with E-state index in [2.05, 4.69) is 48.5 Å². The van der Waals surface area contributed by atoms with Crippen LogP contribution in [0.2, 0.25) is 0 Å². The molecule has 3 aliphatic rings. The standard InChI is InChI=1S/C26H46O2/c1-8-9-10-14-26(16-18-15-21(26)20-13-11-12-19(18)20)28-23(27)22(25(5,6)7)17-24(2,3)4/h18-22H,8-17H2,1-7H3. The second-order valence-corrected chi connectivity index (χ2v) is 12.7. The van der Waals surface area contributed by atoms with Gasteiger partial charge < -0.3 is 4.74 Å². The van der Waals surface area contributed by atoms with E-state index in [1.165, 1.54) is 44.9 Å². The fourth-order valence-corrected chi connectivity index (χ4v) is 6.97. The third kappa shape index (κ3) is 4.46. The van der Waals surface area contributed by atoms with Crippen LogP contribution in [0.25, 0.3) is 0 Å². The summed E-state index contributed by atoms with van der Waals surface area (Å²) in [7, 11) is 0. The lowest BCUT2D eigenvalue weighted by molar-refractivity contribution is -0.181. The molecular formula is C26H46O2. The zero-order valence-corrected chi connectivity index (χ0v) is 19.8. The quantitative estimate of drug-likeness (QED) is 0.334. The predicted octanol–water partition coefficient (Wildman–Crippen LogP) is 7.40. The Kier molecular flexibility index (Phi) is 6.29. The number of carbonyl (C=O) groups excluding carboxylic acids is 1. The minimum atomic E-state index is -0.149. The van der Waals surface area contributed by atoms with Crippen LogP contribution in [-0.2, 0) is 9.53 Å². The fraction of sp³-hybridized carbons (Fsp3) is 0.962. The molecule has 2 bridgehead atoms. The van der Waals surface area contributed by atoms with Crippen LogP contribution in [0.5, 0.6) is 0 Å². The lowest BCUT2D eigenvalue weighted by Gasteiger charge is -2.44. The summed E-state index contributed by atoms with van der Waals surface area (Å²) in [5.41, 5.74) is -0.0656. The van der Waals surface area contributed by atoms with E-state index >= 15 is 0 Å². The van der Waals surface area contributed by atoms with Gasteiger partial charge in [-0.1, -0.05) is 67.7 Å². The first kappa shape index (κ1) is 22.2. The third-order valence-corrected chi connectivity index (χ3v) is 8.24. The highest BCUT2D eigenvalue weighted by Gasteiger charge is 2.62. The maximum atomic E-state index is 13.6. The van der Waals surface area contributed by atoms with Gasteiger partial charge in [0.05, 0.1) is 5.92 Å². The Morgan fingerprint density at radius 3 is 2.36 bits per heavy atom. The van der Waals surface area contributed by atoms with Gasteiger partial charge in [-0.2, -0.15) is 0 Å². The SMILES string of the molecule is CCCCCC1(OC(=O)C(CC(C)(C)C)C(C)(C)C)CC2CC1C1CCCC21. The van der Waals surface area contributed by atoms with E-state index in [4.69, 9.17) is 4.74 Å². The molecule has 0 N–H and O–H groups in total. The van der Waals surface area contributed by atoms with Crippen molar-refractivity contribution in [2.75, 3.05) is 0 Å². The Labute approximate surface area is 174 Å². The zero-order chi connectivity index (χ0) is 20.7. The van der Waals surface area contributed by atoms with Crippen LogP contribution in [0.1, 0.15) is 113 Å². The zero-order valence-electron chi connectivity index (χ0n) is 19.8. The Morgan fingerprint density at radius 1 is 1.07 bits per heavy atom. The smallest absolute Gasteiger partial charge is 0.310 e. The van der Waals surface area contributed by atoms with Crippen LogP contribution in [0, 0.1) is 40.4 Å². The highest BCUT2D eigenvalue weighted by molar-refractivity contribution is 5.74. The van der Waals surface area contributed by atoms with Crippen molar-refractivity contribution in [1.82, 2.24) is 0 Å². The van der Waals surface area contributed by atoms with Gasteiger partial charge >= 0.3 is 5.97 Å². The van der Waals surface area contributed by atoms with Crippen LogP contribution in [0.15, 0.2) is 0 Å². The normalized spacial score (nSPS) is 35.8. The molecule has 0 aliphatic heterocycles. The first-order chi connectivity index (χ1) is 13.0. The summed E-state index contributed by atoms with van der Waals surface area (Å²) in [5, 5.41) is 0. The molecule has 3 fully saturated rings. The molecule has 0 aromatic rings. The maximum Gasteiger partial charge on any atom is 0.310 e. The second kappa shape index (κ2) is 7.95. The molecule has 0 saturated heterocycles. The fourth-order valence-electron chi connectivity index (χ4n) is 6.97. The Bertz CT molecular complexity index is 552. The molecule has 2 heteroatoms. The molecule has 6 unspecified atom stereocenters.